The SMILES string of the molecule is CC(CCN)SCc1ccc(Br)cc1[N+](=O)[O-]. The van der Waals surface area contributed by atoms with Gasteiger partial charge in [-0.25, -0.2) is 0 Å². The van der Waals surface area contributed by atoms with E-state index in [-0.39, 0.29) is 10.6 Å². The Labute approximate surface area is 113 Å². The van der Waals surface area contributed by atoms with Crippen molar-refractivity contribution in [2.45, 2.75) is 24.3 Å². The summed E-state index contributed by atoms with van der Waals surface area (Å²) >= 11 is 4.93. The lowest BCUT2D eigenvalue weighted by Gasteiger charge is -2.09. The second kappa shape index (κ2) is 6.98. The Kier molecular flexibility index (Phi) is 5.94. The number of hydrogen-bond acceptors (Lipinski definition) is 4. The summed E-state index contributed by atoms with van der Waals surface area (Å²) < 4.78 is 0.730. The second-order valence-electron chi connectivity index (χ2n) is 3.73. The normalized spacial score (nSPS) is 12.4. The number of nitro groups is 1. The summed E-state index contributed by atoms with van der Waals surface area (Å²) in [5.74, 6) is 0.644. The average Bonchev–Trinajstić information content (AvgIpc) is 2.27. The molecule has 1 atom stereocenters. The molecule has 1 aromatic rings. The van der Waals surface area contributed by atoms with Gasteiger partial charge in [0.2, 0.25) is 0 Å². The Hall–Kier alpha value is -0.590. The Morgan fingerprint density at radius 1 is 1.59 bits per heavy atom. The minimum atomic E-state index is -0.339. The van der Waals surface area contributed by atoms with Gasteiger partial charge >= 0.3 is 0 Å². The predicted molar refractivity (Wildman–Crippen MR) is 75.2 cm³/mol. The number of thioether (sulfide) groups is 1. The van der Waals surface area contributed by atoms with Crippen LogP contribution in [0, 0.1) is 10.1 Å². The summed E-state index contributed by atoms with van der Waals surface area (Å²) in [6.07, 6.45) is 0.926. The number of benzene rings is 1. The summed E-state index contributed by atoms with van der Waals surface area (Å²) in [5, 5.41) is 11.3. The molecule has 0 saturated heterocycles. The molecule has 17 heavy (non-hydrogen) atoms. The third-order valence-corrected chi connectivity index (χ3v) is 4.12. The molecular weight excluding hydrogens is 304 g/mol. The number of rotatable bonds is 6. The zero-order valence-corrected chi connectivity index (χ0v) is 12.0. The Morgan fingerprint density at radius 2 is 2.29 bits per heavy atom. The Bertz CT molecular complexity index is 401. The van der Waals surface area contributed by atoms with Crippen molar-refractivity contribution in [2.75, 3.05) is 6.54 Å². The molecule has 1 aromatic carbocycles. The van der Waals surface area contributed by atoms with E-state index < -0.39 is 0 Å². The number of hydrogen-bond donors (Lipinski definition) is 1. The van der Waals surface area contributed by atoms with Crippen LogP contribution in [0.2, 0.25) is 0 Å². The van der Waals surface area contributed by atoms with Crippen LogP contribution in [0.4, 0.5) is 5.69 Å². The first-order valence-electron chi connectivity index (χ1n) is 5.29. The van der Waals surface area contributed by atoms with Crippen LogP contribution in [0.5, 0.6) is 0 Å². The van der Waals surface area contributed by atoms with Crippen LogP contribution in [-0.2, 0) is 5.75 Å². The van der Waals surface area contributed by atoms with Crippen molar-refractivity contribution in [3.8, 4) is 0 Å². The number of nitrogens with zero attached hydrogens (tertiary/aromatic N) is 1. The molecule has 2 N–H and O–H groups in total. The highest BCUT2D eigenvalue weighted by molar-refractivity contribution is 9.10. The fourth-order valence-corrected chi connectivity index (χ4v) is 2.74. The van der Waals surface area contributed by atoms with E-state index in [2.05, 4.69) is 22.9 Å². The molecule has 0 aliphatic heterocycles. The largest absolute Gasteiger partial charge is 0.330 e. The maximum Gasteiger partial charge on any atom is 0.274 e. The molecule has 0 spiro atoms. The molecule has 0 amide bonds. The lowest BCUT2D eigenvalue weighted by molar-refractivity contribution is -0.385. The molecule has 94 valence electrons. The predicted octanol–water partition coefficient (Wildman–Crippen LogP) is 3.33. The third kappa shape index (κ3) is 4.65. The van der Waals surface area contributed by atoms with Gasteiger partial charge in [0.25, 0.3) is 5.69 Å². The van der Waals surface area contributed by atoms with Gasteiger partial charge in [-0.2, -0.15) is 11.8 Å². The molecule has 0 fully saturated rings. The van der Waals surface area contributed by atoms with Crippen molar-refractivity contribution >= 4 is 33.4 Å². The van der Waals surface area contributed by atoms with Gasteiger partial charge in [-0.1, -0.05) is 28.9 Å². The highest BCUT2D eigenvalue weighted by atomic mass is 79.9. The molecule has 6 heteroatoms. The zero-order valence-electron chi connectivity index (χ0n) is 9.56. The van der Waals surface area contributed by atoms with Crippen molar-refractivity contribution in [1.29, 1.82) is 0 Å². The molecule has 0 radical (unpaired) electrons. The van der Waals surface area contributed by atoms with Crippen molar-refractivity contribution < 1.29 is 4.92 Å². The van der Waals surface area contributed by atoms with E-state index in [0.29, 0.717) is 17.5 Å². The molecule has 0 bridgehead atoms. The summed E-state index contributed by atoms with van der Waals surface area (Å²) in [6.45, 7) is 2.73. The van der Waals surface area contributed by atoms with Gasteiger partial charge in [-0.05, 0) is 19.0 Å². The second-order valence-corrected chi connectivity index (χ2v) is 6.07. The fraction of sp³-hybridized carbons (Fsp3) is 0.455. The average molecular weight is 319 g/mol. The topological polar surface area (TPSA) is 69.2 Å². The highest BCUT2D eigenvalue weighted by Gasteiger charge is 2.14. The van der Waals surface area contributed by atoms with E-state index in [1.165, 1.54) is 0 Å². The highest BCUT2D eigenvalue weighted by Crippen LogP contribution is 2.28. The van der Waals surface area contributed by atoms with Crippen molar-refractivity contribution in [1.82, 2.24) is 0 Å². The van der Waals surface area contributed by atoms with Gasteiger partial charge in [0.1, 0.15) is 0 Å². The standard InChI is InChI=1S/C11H15BrN2O2S/c1-8(4-5-13)17-7-9-2-3-10(12)6-11(9)14(15)16/h2-3,6,8H,4-5,7,13H2,1H3. The summed E-state index contributed by atoms with van der Waals surface area (Å²) in [5.41, 5.74) is 6.40. The first-order valence-corrected chi connectivity index (χ1v) is 7.13. The maximum absolute atomic E-state index is 10.9. The minimum absolute atomic E-state index is 0.173. The molecule has 0 aliphatic rings. The molecule has 0 saturated carbocycles. The molecule has 0 aromatic heterocycles. The van der Waals surface area contributed by atoms with E-state index in [9.17, 15) is 10.1 Å². The number of nitrogens with two attached hydrogens (primary N) is 1. The summed E-state index contributed by atoms with van der Waals surface area (Å²) in [7, 11) is 0. The van der Waals surface area contributed by atoms with Gasteiger partial charge in [-0.3, -0.25) is 10.1 Å². The number of halogens is 1. The molecule has 4 nitrogen and oxygen atoms in total. The van der Waals surface area contributed by atoms with E-state index in [4.69, 9.17) is 5.73 Å². The first kappa shape index (κ1) is 14.5. The quantitative estimate of drug-likeness (QED) is 0.645. The molecule has 0 heterocycles. The van der Waals surface area contributed by atoms with Crippen LogP contribution in [0.1, 0.15) is 18.9 Å². The van der Waals surface area contributed by atoms with Gasteiger partial charge in [0, 0.05) is 27.1 Å². The van der Waals surface area contributed by atoms with Gasteiger partial charge < -0.3 is 5.73 Å². The van der Waals surface area contributed by atoms with Crippen molar-refractivity contribution in [2.24, 2.45) is 5.73 Å². The smallest absolute Gasteiger partial charge is 0.274 e. The van der Waals surface area contributed by atoms with Gasteiger partial charge in [0.05, 0.1) is 4.92 Å². The zero-order chi connectivity index (χ0) is 12.8. The Morgan fingerprint density at radius 3 is 2.88 bits per heavy atom. The van der Waals surface area contributed by atoms with Crippen LogP contribution in [0.3, 0.4) is 0 Å². The van der Waals surface area contributed by atoms with Crippen LogP contribution >= 0.6 is 27.7 Å². The third-order valence-electron chi connectivity index (χ3n) is 2.34. The Balaban J connectivity index is 2.73. The molecule has 0 aliphatic carbocycles. The van der Waals surface area contributed by atoms with E-state index in [0.717, 1.165) is 16.5 Å². The van der Waals surface area contributed by atoms with Crippen LogP contribution < -0.4 is 5.73 Å². The van der Waals surface area contributed by atoms with E-state index >= 15 is 0 Å². The van der Waals surface area contributed by atoms with Crippen molar-refractivity contribution in [3.63, 3.8) is 0 Å². The fourth-order valence-electron chi connectivity index (χ4n) is 1.38. The lowest BCUT2D eigenvalue weighted by Crippen LogP contribution is -2.07. The van der Waals surface area contributed by atoms with Crippen LogP contribution in [0.15, 0.2) is 22.7 Å². The maximum atomic E-state index is 10.9. The summed E-state index contributed by atoms with van der Waals surface area (Å²) in [6, 6.07) is 5.17. The monoisotopic (exact) mass is 318 g/mol. The first-order chi connectivity index (χ1) is 8.04. The molecule has 1 unspecified atom stereocenters. The van der Waals surface area contributed by atoms with E-state index in [1.807, 2.05) is 6.07 Å². The van der Waals surface area contributed by atoms with Crippen LogP contribution in [-0.4, -0.2) is 16.7 Å². The molecular formula is C11H15BrN2O2S. The molecule has 1 rings (SSSR count). The summed E-state index contributed by atoms with van der Waals surface area (Å²) in [4.78, 5) is 10.6. The van der Waals surface area contributed by atoms with Crippen LogP contribution in [0.25, 0.3) is 0 Å². The van der Waals surface area contributed by atoms with Gasteiger partial charge in [0.15, 0.2) is 0 Å². The van der Waals surface area contributed by atoms with E-state index in [1.54, 1.807) is 23.9 Å². The lowest BCUT2D eigenvalue weighted by atomic mass is 10.2. The number of nitro benzene ring substituents is 1. The van der Waals surface area contributed by atoms with Gasteiger partial charge in [-0.15, -0.1) is 0 Å². The van der Waals surface area contributed by atoms with Crippen molar-refractivity contribution in [3.05, 3.63) is 38.3 Å². The minimum Gasteiger partial charge on any atom is -0.330 e.